The van der Waals surface area contributed by atoms with Crippen LogP contribution < -0.4 is 0 Å². The fraction of sp³-hybridized carbons (Fsp3) is 0.579. The lowest BCUT2D eigenvalue weighted by atomic mass is 9.96. The van der Waals surface area contributed by atoms with Gasteiger partial charge in [-0.2, -0.15) is 0 Å². The van der Waals surface area contributed by atoms with Gasteiger partial charge in [0.15, 0.2) is 0 Å². The summed E-state index contributed by atoms with van der Waals surface area (Å²) in [4.78, 5) is 21.0. The van der Waals surface area contributed by atoms with Gasteiger partial charge in [0.25, 0.3) is 5.91 Å². The summed E-state index contributed by atoms with van der Waals surface area (Å²) in [5.41, 5.74) is 0.691. The van der Waals surface area contributed by atoms with E-state index in [0.29, 0.717) is 12.1 Å². The van der Waals surface area contributed by atoms with Crippen molar-refractivity contribution in [3.05, 3.63) is 41.7 Å². The van der Waals surface area contributed by atoms with Gasteiger partial charge in [0.1, 0.15) is 11.6 Å². The number of amides is 1. The van der Waals surface area contributed by atoms with E-state index in [1.165, 1.54) is 0 Å². The summed E-state index contributed by atoms with van der Waals surface area (Å²) in [6.45, 7) is 5.68. The fourth-order valence-electron chi connectivity index (χ4n) is 3.88. The van der Waals surface area contributed by atoms with Crippen molar-refractivity contribution in [2.75, 3.05) is 39.4 Å². The summed E-state index contributed by atoms with van der Waals surface area (Å²) >= 11 is 0. The van der Waals surface area contributed by atoms with Crippen molar-refractivity contribution in [3.8, 4) is 0 Å². The highest BCUT2D eigenvalue weighted by Crippen LogP contribution is 2.27. The second kappa shape index (κ2) is 8.14. The van der Waals surface area contributed by atoms with E-state index in [2.05, 4.69) is 24.6 Å². The SMILES string of the molecule is Cn1c(CN2CCOCC2)nnc1[C@H]1CCCN(C(=O)c2ccncc2)C1. The minimum absolute atomic E-state index is 0.0674. The van der Waals surface area contributed by atoms with Crippen molar-refractivity contribution in [2.45, 2.75) is 25.3 Å². The molecule has 2 saturated heterocycles. The van der Waals surface area contributed by atoms with E-state index in [0.717, 1.165) is 63.9 Å². The van der Waals surface area contributed by atoms with Crippen LogP contribution in [0.25, 0.3) is 0 Å². The maximum atomic E-state index is 12.8. The molecule has 2 aliphatic rings. The van der Waals surface area contributed by atoms with Crippen molar-refractivity contribution >= 4 is 5.91 Å². The Morgan fingerprint density at radius 1 is 1.19 bits per heavy atom. The molecule has 4 rings (SSSR count). The molecular weight excluding hydrogens is 344 g/mol. The number of carbonyl (C=O) groups is 1. The van der Waals surface area contributed by atoms with Gasteiger partial charge in [-0.25, -0.2) is 0 Å². The Bertz CT molecular complexity index is 772. The predicted molar refractivity (Wildman–Crippen MR) is 99.2 cm³/mol. The van der Waals surface area contributed by atoms with Crippen molar-refractivity contribution < 1.29 is 9.53 Å². The first-order valence-electron chi connectivity index (χ1n) is 9.60. The molecule has 2 aliphatic heterocycles. The predicted octanol–water partition coefficient (Wildman–Crippen LogP) is 1.06. The van der Waals surface area contributed by atoms with Crippen molar-refractivity contribution in [1.82, 2.24) is 29.5 Å². The average molecular weight is 370 g/mol. The van der Waals surface area contributed by atoms with E-state index in [-0.39, 0.29) is 11.8 Å². The number of carbonyl (C=O) groups excluding carboxylic acids is 1. The van der Waals surface area contributed by atoms with Gasteiger partial charge in [-0.3, -0.25) is 14.7 Å². The quantitative estimate of drug-likeness (QED) is 0.801. The number of nitrogens with zero attached hydrogens (tertiary/aromatic N) is 6. The first-order chi connectivity index (χ1) is 13.2. The average Bonchev–Trinajstić information content (AvgIpc) is 3.09. The summed E-state index contributed by atoms with van der Waals surface area (Å²) in [6, 6.07) is 3.55. The third kappa shape index (κ3) is 4.01. The third-order valence-corrected chi connectivity index (χ3v) is 5.47. The number of morpholine rings is 1. The second-order valence-electron chi connectivity index (χ2n) is 7.25. The van der Waals surface area contributed by atoms with Crippen molar-refractivity contribution in [2.24, 2.45) is 7.05 Å². The lowest BCUT2D eigenvalue weighted by Crippen LogP contribution is -2.40. The van der Waals surface area contributed by atoms with Gasteiger partial charge >= 0.3 is 0 Å². The first-order valence-corrected chi connectivity index (χ1v) is 9.60. The van der Waals surface area contributed by atoms with Gasteiger partial charge in [0.2, 0.25) is 0 Å². The molecule has 0 bridgehead atoms. The van der Waals surface area contributed by atoms with Gasteiger partial charge in [-0.1, -0.05) is 0 Å². The number of hydrogen-bond donors (Lipinski definition) is 0. The summed E-state index contributed by atoms with van der Waals surface area (Å²) in [7, 11) is 2.04. The van der Waals surface area contributed by atoms with Crippen LogP contribution in [0.5, 0.6) is 0 Å². The van der Waals surface area contributed by atoms with E-state index in [1.807, 2.05) is 11.9 Å². The minimum Gasteiger partial charge on any atom is -0.379 e. The van der Waals surface area contributed by atoms with Crippen LogP contribution in [0.4, 0.5) is 0 Å². The molecule has 0 aromatic carbocycles. The molecule has 8 heteroatoms. The molecule has 2 aromatic rings. The van der Waals surface area contributed by atoms with Gasteiger partial charge in [-0.15, -0.1) is 10.2 Å². The standard InChI is InChI=1S/C19H26N6O2/c1-23-17(14-24-9-11-27-12-10-24)21-22-18(23)16-3-2-8-25(13-16)19(26)15-4-6-20-7-5-15/h4-7,16H,2-3,8-14H2,1H3/t16-/m0/s1. The van der Waals surface area contributed by atoms with Crippen LogP contribution in [-0.2, 0) is 18.3 Å². The summed E-state index contributed by atoms with van der Waals surface area (Å²) in [6.07, 6.45) is 5.33. The molecule has 0 unspecified atom stereocenters. The van der Waals surface area contributed by atoms with Crippen LogP contribution in [0.3, 0.4) is 0 Å². The molecule has 4 heterocycles. The van der Waals surface area contributed by atoms with Crippen LogP contribution in [-0.4, -0.2) is 74.8 Å². The van der Waals surface area contributed by atoms with Crippen LogP contribution in [0.2, 0.25) is 0 Å². The lowest BCUT2D eigenvalue weighted by molar-refractivity contribution is 0.0326. The van der Waals surface area contributed by atoms with E-state index in [4.69, 9.17) is 4.74 Å². The Balaban J connectivity index is 1.44. The van der Waals surface area contributed by atoms with E-state index in [9.17, 15) is 4.79 Å². The zero-order valence-corrected chi connectivity index (χ0v) is 15.8. The second-order valence-corrected chi connectivity index (χ2v) is 7.25. The number of piperidine rings is 1. The van der Waals surface area contributed by atoms with Crippen LogP contribution in [0.1, 0.15) is 40.8 Å². The van der Waals surface area contributed by atoms with E-state index < -0.39 is 0 Å². The fourth-order valence-corrected chi connectivity index (χ4v) is 3.88. The molecule has 2 fully saturated rings. The minimum atomic E-state index is 0.0674. The molecule has 144 valence electrons. The summed E-state index contributed by atoms with van der Waals surface area (Å²) < 4.78 is 7.52. The van der Waals surface area contributed by atoms with Crippen LogP contribution in [0, 0.1) is 0 Å². The number of likely N-dealkylation sites (tertiary alicyclic amines) is 1. The zero-order valence-electron chi connectivity index (χ0n) is 15.8. The Labute approximate surface area is 159 Å². The zero-order chi connectivity index (χ0) is 18.6. The lowest BCUT2D eigenvalue weighted by Gasteiger charge is -2.32. The molecule has 27 heavy (non-hydrogen) atoms. The van der Waals surface area contributed by atoms with Crippen molar-refractivity contribution in [1.29, 1.82) is 0 Å². The summed E-state index contributed by atoms with van der Waals surface area (Å²) in [5, 5.41) is 8.91. The van der Waals surface area contributed by atoms with Crippen LogP contribution >= 0.6 is 0 Å². The largest absolute Gasteiger partial charge is 0.379 e. The topological polar surface area (TPSA) is 76.4 Å². The van der Waals surface area contributed by atoms with Gasteiger partial charge < -0.3 is 14.2 Å². The Hall–Kier alpha value is -2.32. The molecule has 0 spiro atoms. The van der Waals surface area contributed by atoms with Crippen molar-refractivity contribution in [3.63, 3.8) is 0 Å². The van der Waals surface area contributed by atoms with Gasteiger partial charge in [0, 0.05) is 57.1 Å². The highest BCUT2D eigenvalue weighted by Gasteiger charge is 2.29. The number of pyridine rings is 1. The molecule has 1 amide bonds. The number of aromatic nitrogens is 4. The first kappa shape index (κ1) is 18.1. The third-order valence-electron chi connectivity index (χ3n) is 5.47. The number of rotatable bonds is 4. The maximum absolute atomic E-state index is 12.8. The molecular formula is C19H26N6O2. The smallest absolute Gasteiger partial charge is 0.253 e. The van der Waals surface area contributed by atoms with Crippen LogP contribution in [0.15, 0.2) is 24.5 Å². The highest BCUT2D eigenvalue weighted by atomic mass is 16.5. The molecule has 1 atom stereocenters. The molecule has 0 saturated carbocycles. The maximum Gasteiger partial charge on any atom is 0.253 e. The summed E-state index contributed by atoms with van der Waals surface area (Å²) in [5.74, 6) is 2.24. The molecule has 8 nitrogen and oxygen atoms in total. The molecule has 0 N–H and O–H groups in total. The van der Waals surface area contributed by atoms with E-state index >= 15 is 0 Å². The van der Waals surface area contributed by atoms with Gasteiger partial charge in [-0.05, 0) is 25.0 Å². The Morgan fingerprint density at radius 2 is 1.96 bits per heavy atom. The Kier molecular flexibility index (Phi) is 5.45. The molecule has 0 radical (unpaired) electrons. The molecule has 0 aliphatic carbocycles. The van der Waals surface area contributed by atoms with Gasteiger partial charge in [0.05, 0.1) is 19.8 Å². The highest BCUT2D eigenvalue weighted by molar-refractivity contribution is 5.94. The number of ether oxygens (including phenoxy) is 1. The monoisotopic (exact) mass is 370 g/mol. The Morgan fingerprint density at radius 3 is 2.74 bits per heavy atom. The number of hydrogen-bond acceptors (Lipinski definition) is 6. The molecule has 2 aromatic heterocycles. The van der Waals surface area contributed by atoms with E-state index in [1.54, 1.807) is 24.5 Å². The normalized spacial score (nSPS) is 21.4.